The van der Waals surface area contributed by atoms with Gasteiger partial charge in [0.1, 0.15) is 0 Å². The molecule has 4 heteroatoms. The van der Waals surface area contributed by atoms with E-state index >= 15 is 0 Å². The van der Waals surface area contributed by atoms with Crippen molar-refractivity contribution in [2.45, 2.75) is 0 Å². The highest BCUT2D eigenvalue weighted by atomic mass is 79.9. The second-order valence-corrected chi connectivity index (χ2v) is 5.20. The molecule has 19 heavy (non-hydrogen) atoms. The summed E-state index contributed by atoms with van der Waals surface area (Å²) in [7, 11) is 0. The van der Waals surface area contributed by atoms with Crippen LogP contribution < -0.4 is 5.73 Å². The Morgan fingerprint density at radius 1 is 1.32 bits per heavy atom. The second-order valence-electron chi connectivity index (χ2n) is 4.34. The summed E-state index contributed by atoms with van der Waals surface area (Å²) in [5, 5.41) is 2.03. The molecule has 2 aromatic carbocycles. The maximum Gasteiger partial charge on any atom is 0.250 e. The Hall–Kier alpha value is -2.07. The molecular formula is C15H11BrN2O. The first-order valence-electron chi connectivity index (χ1n) is 5.78. The zero-order chi connectivity index (χ0) is 13.6. The van der Waals surface area contributed by atoms with Gasteiger partial charge in [-0.3, -0.25) is 4.79 Å². The van der Waals surface area contributed by atoms with Crippen molar-refractivity contribution in [3.05, 3.63) is 52.5 Å². The van der Waals surface area contributed by atoms with Crippen LogP contribution in [0.15, 0.2) is 41.4 Å². The van der Waals surface area contributed by atoms with E-state index in [1.54, 1.807) is 12.1 Å². The van der Waals surface area contributed by atoms with Gasteiger partial charge in [0.2, 0.25) is 0 Å². The number of H-pyrrole nitrogens is 1. The van der Waals surface area contributed by atoms with E-state index in [2.05, 4.69) is 27.5 Å². The fourth-order valence-electron chi connectivity index (χ4n) is 2.32. The molecule has 0 aliphatic heterocycles. The van der Waals surface area contributed by atoms with Gasteiger partial charge in [0, 0.05) is 20.8 Å². The molecule has 0 aliphatic rings. The van der Waals surface area contributed by atoms with Crippen LogP contribution in [0.2, 0.25) is 0 Å². The predicted octanol–water partition coefficient (Wildman–Crippen LogP) is 3.83. The van der Waals surface area contributed by atoms with Crippen LogP contribution in [0.25, 0.3) is 27.9 Å². The summed E-state index contributed by atoms with van der Waals surface area (Å²) in [6.45, 7) is 3.76. The zero-order valence-corrected chi connectivity index (χ0v) is 11.6. The average Bonchev–Trinajstić information content (AvgIpc) is 2.77. The van der Waals surface area contributed by atoms with Gasteiger partial charge < -0.3 is 10.7 Å². The van der Waals surface area contributed by atoms with Crippen molar-refractivity contribution in [3.63, 3.8) is 0 Å². The largest absolute Gasteiger partial charge is 0.366 e. The van der Waals surface area contributed by atoms with Crippen molar-refractivity contribution in [1.82, 2.24) is 4.98 Å². The van der Waals surface area contributed by atoms with Crippen LogP contribution in [0.3, 0.4) is 0 Å². The molecule has 1 amide bonds. The van der Waals surface area contributed by atoms with E-state index < -0.39 is 5.91 Å². The SMILES string of the molecule is C=Cc1ccc2c(c1)[nH]c1c(C(N)=O)ccc(Br)c12. The number of fused-ring (bicyclic) bond motifs is 3. The first-order valence-corrected chi connectivity index (χ1v) is 6.57. The van der Waals surface area contributed by atoms with Gasteiger partial charge in [0.15, 0.2) is 0 Å². The molecular weight excluding hydrogens is 304 g/mol. The van der Waals surface area contributed by atoms with Gasteiger partial charge in [-0.2, -0.15) is 0 Å². The highest BCUT2D eigenvalue weighted by Gasteiger charge is 2.14. The monoisotopic (exact) mass is 314 g/mol. The van der Waals surface area contributed by atoms with E-state index in [1.165, 1.54) is 0 Å². The Balaban J connectivity index is 2.51. The Morgan fingerprint density at radius 3 is 2.79 bits per heavy atom. The van der Waals surface area contributed by atoms with Gasteiger partial charge in [-0.25, -0.2) is 0 Å². The molecule has 0 atom stereocenters. The van der Waals surface area contributed by atoms with Crippen molar-refractivity contribution in [1.29, 1.82) is 0 Å². The topological polar surface area (TPSA) is 58.9 Å². The molecule has 0 saturated carbocycles. The number of aromatic amines is 1. The van der Waals surface area contributed by atoms with E-state index in [0.717, 1.165) is 31.8 Å². The summed E-state index contributed by atoms with van der Waals surface area (Å²) in [5.74, 6) is -0.437. The lowest BCUT2D eigenvalue weighted by molar-refractivity contribution is 0.100. The molecule has 0 fully saturated rings. The molecule has 3 nitrogen and oxygen atoms in total. The van der Waals surface area contributed by atoms with E-state index in [4.69, 9.17) is 5.73 Å². The molecule has 0 spiro atoms. The predicted molar refractivity (Wildman–Crippen MR) is 82.1 cm³/mol. The van der Waals surface area contributed by atoms with Gasteiger partial charge in [-0.1, -0.05) is 40.7 Å². The Labute approximate surface area is 118 Å². The van der Waals surface area contributed by atoms with Crippen LogP contribution in [0.4, 0.5) is 0 Å². The number of rotatable bonds is 2. The van der Waals surface area contributed by atoms with Crippen molar-refractivity contribution in [3.8, 4) is 0 Å². The highest BCUT2D eigenvalue weighted by Crippen LogP contribution is 2.34. The van der Waals surface area contributed by atoms with Crippen LogP contribution in [0.5, 0.6) is 0 Å². The normalized spacial score (nSPS) is 11.0. The smallest absolute Gasteiger partial charge is 0.250 e. The molecule has 3 rings (SSSR count). The molecule has 0 bridgehead atoms. The number of nitrogens with one attached hydrogen (secondary N) is 1. The molecule has 94 valence electrons. The van der Waals surface area contributed by atoms with Gasteiger partial charge in [-0.05, 0) is 23.8 Å². The second kappa shape index (κ2) is 4.24. The van der Waals surface area contributed by atoms with Crippen LogP contribution in [-0.2, 0) is 0 Å². The fraction of sp³-hybridized carbons (Fsp3) is 0. The molecule has 0 aliphatic carbocycles. The number of halogens is 1. The molecule has 3 aromatic rings. The van der Waals surface area contributed by atoms with E-state index in [0.29, 0.717) is 5.56 Å². The van der Waals surface area contributed by atoms with Gasteiger partial charge in [-0.15, -0.1) is 0 Å². The maximum atomic E-state index is 11.5. The van der Waals surface area contributed by atoms with Crippen LogP contribution in [-0.4, -0.2) is 10.9 Å². The lowest BCUT2D eigenvalue weighted by Gasteiger charge is -2.00. The van der Waals surface area contributed by atoms with Crippen LogP contribution in [0.1, 0.15) is 15.9 Å². The van der Waals surface area contributed by atoms with Crippen LogP contribution in [0, 0.1) is 0 Å². The number of carbonyl (C=O) groups is 1. The number of benzene rings is 2. The zero-order valence-electron chi connectivity index (χ0n) is 10.0. The van der Waals surface area contributed by atoms with Gasteiger partial charge >= 0.3 is 0 Å². The lowest BCUT2D eigenvalue weighted by atomic mass is 10.1. The third-order valence-corrected chi connectivity index (χ3v) is 3.89. The van der Waals surface area contributed by atoms with Crippen molar-refractivity contribution < 1.29 is 4.79 Å². The molecule has 1 aromatic heterocycles. The molecule has 0 saturated heterocycles. The average molecular weight is 315 g/mol. The fourth-order valence-corrected chi connectivity index (χ4v) is 2.86. The Bertz CT molecular complexity index is 833. The van der Waals surface area contributed by atoms with Gasteiger partial charge in [0.05, 0.1) is 11.1 Å². The van der Waals surface area contributed by atoms with Gasteiger partial charge in [0.25, 0.3) is 5.91 Å². The van der Waals surface area contributed by atoms with E-state index in [-0.39, 0.29) is 0 Å². The summed E-state index contributed by atoms with van der Waals surface area (Å²) in [6, 6.07) is 9.57. The number of primary amides is 1. The number of carbonyl (C=O) groups excluding carboxylic acids is 1. The minimum atomic E-state index is -0.437. The molecule has 0 radical (unpaired) electrons. The first kappa shape index (κ1) is 12.0. The van der Waals surface area contributed by atoms with Crippen molar-refractivity contribution >= 4 is 49.7 Å². The third kappa shape index (κ3) is 1.76. The number of hydrogen-bond donors (Lipinski definition) is 2. The summed E-state index contributed by atoms with van der Waals surface area (Å²) in [4.78, 5) is 14.8. The minimum absolute atomic E-state index is 0.437. The summed E-state index contributed by atoms with van der Waals surface area (Å²) >= 11 is 3.52. The third-order valence-electron chi connectivity index (χ3n) is 3.23. The number of aromatic nitrogens is 1. The number of hydrogen-bond acceptors (Lipinski definition) is 1. The number of amides is 1. The molecule has 0 unspecified atom stereocenters. The summed E-state index contributed by atoms with van der Waals surface area (Å²) in [6.07, 6.45) is 1.79. The Morgan fingerprint density at radius 2 is 2.11 bits per heavy atom. The van der Waals surface area contributed by atoms with E-state index in [9.17, 15) is 4.79 Å². The van der Waals surface area contributed by atoms with Crippen molar-refractivity contribution in [2.24, 2.45) is 5.73 Å². The lowest BCUT2D eigenvalue weighted by Crippen LogP contribution is -2.11. The quantitative estimate of drug-likeness (QED) is 0.742. The minimum Gasteiger partial charge on any atom is -0.366 e. The Kier molecular flexibility index (Phi) is 2.68. The first-order chi connectivity index (χ1) is 9.11. The molecule has 1 heterocycles. The molecule has 3 N–H and O–H groups in total. The summed E-state index contributed by atoms with van der Waals surface area (Å²) in [5.41, 5.74) is 8.66. The highest BCUT2D eigenvalue weighted by molar-refractivity contribution is 9.10. The maximum absolute atomic E-state index is 11.5. The van der Waals surface area contributed by atoms with Crippen LogP contribution >= 0.6 is 15.9 Å². The van der Waals surface area contributed by atoms with E-state index in [1.807, 2.05) is 24.3 Å². The standard InChI is InChI=1S/C15H11BrN2O/c1-2-8-3-4-9-12(7-8)18-14-10(15(17)19)5-6-11(16)13(9)14/h2-7,18H,1H2,(H2,17,19). The number of nitrogens with two attached hydrogens (primary N) is 1. The van der Waals surface area contributed by atoms with Crippen molar-refractivity contribution in [2.75, 3.05) is 0 Å². The summed E-state index contributed by atoms with van der Waals surface area (Å²) < 4.78 is 0.935.